The Hall–Kier alpha value is -0.810. The van der Waals surface area contributed by atoms with Gasteiger partial charge in [-0.15, -0.1) is 0 Å². The first-order valence-corrected chi connectivity index (χ1v) is 8.18. The van der Waals surface area contributed by atoms with Crippen molar-refractivity contribution in [2.45, 2.75) is 19.9 Å². The second kappa shape index (κ2) is 7.18. The summed E-state index contributed by atoms with van der Waals surface area (Å²) in [5, 5.41) is 1.17. The van der Waals surface area contributed by atoms with Crippen LogP contribution < -0.4 is 5.73 Å². The van der Waals surface area contributed by atoms with Crippen LogP contribution in [-0.2, 0) is 11.3 Å². The van der Waals surface area contributed by atoms with Gasteiger partial charge in [-0.25, -0.2) is 0 Å². The Morgan fingerprint density at radius 2 is 2.00 bits per heavy atom. The van der Waals surface area contributed by atoms with Crippen LogP contribution in [0.25, 0.3) is 0 Å². The molecule has 0 aliphatic carbocycles. The molecule has 1 unspecified atom stereocenters. The number of hydrogen-bond donors (Lipinski definition) is 1. The molecule has 0 spiro atoms. The van der Waals surface area contributed by atoms with Crippen molar-refractivity contribution in [1.82, 2.24) is 9.80 Å². The predicted octanol–water partition coefficient (Wildman–Crippen LogP) is 2.62. The molecule has 1 saturated heterocycles. The van der Waals surface area contributed by atoms with Crippen LogP contribution in [0.1, 0.15) is 18.9 Å². The highest BCUT2D eigenvalue weighted by molar-refractivity contribution is 6.34. The summed E-state index contributed by atoms with van der Waals surface area (Å²) in [7, 11) is 1.80. The minimum Gasteiger partial charge on any atom is -0.340 e. The smallest absolute Gasteiger partial charge is 0.236 e. The summed E-state index contributed by atoms with van der Waals surface area (Å²) in [5.74, 6) is 0.0948. The summed E-state index contributed by atoms with van der Waals surface area (Å²) in [5.41, 5.74) is 6.87. The van der Waals surface area contributed by atoms with Crippen molar-refractivity contribution in [3.63, 3.8) is 0 Å². The monoisotopic (exact) mass is 343 g/mol. The minimum absolute atomic E-state index is 0.0948. The number of rotatable bonds is 5. The van der Waals surface area contributed by atoms with Gasteiger partial charge in [0.15, 0.2) is 0 Å². The first-order valence-electron chi connectivity index (χ1n) is 7.43. The molecular weight excluding hydrogens is 321 g/mol. The van der Waals surface area contributed by atoms with Crippen LogP contribution in [0, 0.1) is 5.41 Å². The molecule has 1 aromatic rings. The van der Waals surface area contributed by atoms with Crippen LogP contribution in [0.2, 0.25) is 10.0 Å². The quantitative estimate of drug-likeness (QED) is 0.893. The largest absolute Gasteiger partial charge is 0.340 e. The van der Waals surface area contributed by atoms with E-state index >= 15 is 0 Å². The van der Waals surface area contributed by atoms with Gasteiger partial charge in [0.25, 0.3) is 0 Å². The number of hydrogen-bond acceptors (Lipinski definition) is 3. The van der Waals surface area contributed by atoms with Gasteiger partial charge in [0, 0.05) is 30.2 Å². The van der Waals surface area contributed by atoms with Gasteiger partial charge in [0.2, 0.25) is 5.91 Å². The third-order valence-electron chi connectivity index (χ3n) is 4.26. The lowest BCUT2D eigenvalue weighted by Crippen LogP contribution is -2.39. The Bertz CT molecular complexity index is 532. The zero-order valence-corrected chi connectivity index (χ0v) is 14.6. The maximum atomic E-state index is 12.4. The normalized spacial score (nSPS) is 22.0. The van der Waals surface area contributed by atoms with E-state index in [1.165, 1.54) is 0 Å². The number of nitrogens with zero attached hydrogens (tertiary/aromatic N) is 2. The zero-order valence-electron chi connectivity index (χ0n) is 13.1. The summed E-state index contributed by atoms with van der Waals surface area (Å²) in [6.07, 6.45) is 1.05. The zero-order chi connectivity index (χ0) is 16.3. The fraction of sp³-hybridized carbons (Fsp3) is 0.562. The van der Waals surface area contributed by atoms with Crippen LogP contribution >= 0.6 is 23.2 Å². The topological polar surface area (TPSA) is 49.6 Å². The molecule has 4 nitrogen and oxygen atoms in total. The summed E-state index contributed by atoms with van der Waals surface area (Å²) in [6.45, 7) is 5.58. The van der Waals surface area contributed by atoms with E-state index in [1.54, 1.807) is 18.0 Å². The Morgan fingerprint density at radius 1 is 1.36 bits per heavy atom. The molecule has 0 aromatic heterocycles. The highest BCUT2D eigenvalue weighted by Crippen LogP contribution is 2.28. The second-order valence-electron chi connectivity index (χ2n) is 6.50. The molecular formula is C16H23Cl2N3O. The number of likely N-dealkylation sites (tertiary alicyclic amines) is 1. The molecule has 22 heavy (non-hydrogen) atoms. The van der Waals surface area contributed by atoms with Gasteiger partial charge in [0.05, 0.1) is 6.54 Å². The van der Waals surface area contributed by atoms with E-state index < -0.39 is 0 Å². The van der Waals surface area contributed by atoms with Crippen molar-refractivity contribution in [2.75, 3.05) is 33.2 Å². The van der Waals surface area contributed by atoms with E-state index in [-0.39, 0.29) is 11.3 Å². The average molecular weight is 344 g/mol. The predicted molar refractivity (Wildman–Crippen MR) is 91.2 cm³/mol. The fourth-order valence-corrected chi connectivity index (χ4v) is 3.38. The van der Waals surface area contributed by atoms with E-state index in [1.807, 2.05) is 12.1 Å². The fourth-order valence-electron chi connectivity index (χ4n) is 2.80. The van der Waals surface area contributed by atoms with Crippen molar-refractivity contribution >= 4 is 29.1 Å². The number of halogens is 2. The number of benzene rings is 1. The first kappa shape index (κ1) is 17.5. The van der Waals surface area contributed by atoms with Crippen molar-refractivity contribution in [1.29, 1.82) is 0 Å². The number of nitrogens with two attached hydrogens (primary N) is 1. The van der Waals surface area contributed by atoms with Gasteiger partial charge in [-0.05, 0) is 48.7 Å². The molecule has 0 saturated carbocycles. The lowest BCUT2D eigenvalue weighted by atomic mass is 9.90. The summed E-state index contributed by atoms with van der Waals surface area (Å²) < 4.78 is 0. The molecule has 1 aliphatic rings. The van der Waals surface area contributed by atoms with E-state index in [9.17, 15) is 4.79 Å². The van der Waals surface area contributed by atoms with Gasteiger partial charge in [-0.3, -0.25) is 9.69 Å². The molecule has 1 heterocycles. The molecule has 1 atom stereocenters. The summed E-state index contributed by atoms with van der Waals surface area (Å²) in [4.78, 5) is 16.2. The Balaban J connectivity index is 1.90. The van der Waals surface area contributed by atoms with Gasteiger partial charge < -0.3 is 10.6 Å². The van der Waals surface area contributed by atoms with Crippen LogP contribution in [0.4, 0.5) is 0 Å². The highest BCUT2D eigenvalue weighted by atomic mass is 35.5. The molecule has 1 amide bonds. The van der Waals surface area contributed by atoms with E-state index in [0.717, 1.165) is 25.1 Å². The van der Waals surface area contributed by atoms with Crippen molar-refractivity contribution in [3.8, 4) is 0 Å². The standard InChI is InChI=1S/C16H23Cl2N3O/c1-16(10-19)3-4-21(11-16)9-15(22)20(2)8-12-5-13(17)7-14(18)6-12/h5-7H,3-4,8-11,19H2,1-2H3. The summed E-state index contributed by atoms with van der Waals surface area (Å²) >= 11 is 12.0. The van der Waals surface area contributed by atoms with Crippen LogP contribution in [0.15, 0.2) is 18.2 Å². The number of amides is 1. The maximum Gasteiger partial charge on any atom is 0.236 e. The lowest BCUT2D eigenvalue weighted by molar-refractivity contribution is -0.131. The second-order valence-corrected chi connectivity index (χ2v) is 7.38. The molecule has 1 aromatic carbocycles. The molecule has 2 rings (SSSR count). The van der Waals surface area contributed by atoms with Gasteiger partial charge in [-0.2, -0.15) is 0 Å². The van der Waals surface area contributed by atoms with E-state index in [0.29, 0.717) is 29.7 Å². The molecule has 0 radical (unpaired) electrons. The number of carbonyl (C=O) groups excluding carboxylic acids is 1. The third kappa shape index (κ3) is 4.59. The van der Waals surface area contributed by atoms with Gasteiger partial charge in [0.1, 0.15) is 0 Å². The van der Waals surface area contributed by atoms with Crippen molar-refractivity contribution in [2.24, 2.45) is 11.1 Å². The van der Waals surface area contributed by atoms with Crippen molar-refractivity contribution < 1.29 is 4.79 Å². The molecule has 6 heteroatoms. The Kier molecular flexibility index (Phi) is 5.72. The van der Waals surface area contributed by atoms with E-state index in [4.69, 9.17) is 28.9 Å². The van der Waals surface area contributed by atoms with Crippen molar-refractivity contribution in [3.05, 3.63) is 33.8 Å². The SMILES string of the molecule is CN(Cc1cc(Cl)cc(Cl)c1)C(=O)CN1CCC(C)(CN)C1. The lowest BCUT2D eigenvalue weighted by Gasteiger charge is -2.24. The maximum absolute atomic E-state index is 12.4. The van der Waals surface area contributed by atoms with Gasteiger partial charge in [-0.1, -0.05) is 30.1 Å². The highest BCUT2D eigenvalue weighted by Gasteiger charge is 2.33. The summed E-state index contributed by atoms with van der Waals surface area (Å²) in [6, 6.07) is 5.35. The first-order chi connectivity index (χ1) is 10.3. The average Bonchev–Trinajstić information content (AvgIpc) is 2.79. The van der Waals surface area contributed by atoms with Crippen LogP contribution in [-0.4, -0.2) is 48.9 Å². The molecule has 0 bridgehead atoms. The van der Waals surface area contributed by atoms with Crippen LogP contribution in [0.5, 0.6) is 0 Å². The molecule has 1 aliphatic heterocycles. The Morgan fingerprint density at radius 3 is 2.55 bits per heavy atom. The number of likely N-dealkylation sites (N-methyl/N-ethyl adjacent to an activating group) is 1. The molecule has 122 valence electrons. The van der Waals surface area contributed by atoms with E-state index in [2.05, 4.69) is 11.8 Å². The molecule has 1 fully saturated rings. The molecule has 2 N–H and O–H groups in total. The third-order valence-corrected chi connectivity index (χ3v) is 4.69. The van der Waals surface area contributed by atoms with Crippen LogP contribution in [0.3, 0.4) is 0 Å². The van der Waals surface area contributed by atoms with Gasteiger partial charge >= 0.3 is 0 Å². The minimum atomic E-state index is 0.0948. The number of carbonyl (C=O) groups is 1. The Labute approximate surface area is 142 Å².